The van der Waals surface area contributed by atoms with Gasteiger partial charge in [-0.05, 0) is 36.8 Å². The number of para-hydroxylation sites is 1. The molecule has 0 heterocycles. The number of ether oxygens (including phenoxy) is 1. The van der Waals surface area contributed by atoms with E-state index in [1.54, 1.807) is 18.2 Å². The van der Waals surface area contributed by atoms with Crippen molar-refractivity contribution in [3.05, 3.63) is 53.6 Å². The summed E-state index contributed by atoms with van der Waals surface area (Å²) in [5.41, 5.74) is 0.250. The van der Waals surface area contributed by atoms with Gasteiger partial charge in [0.2, 0.25) is 0 Å². The summed E-state index contributed by atoms with van der Waals surface area (Å²) in [7, 11) is -4.31. The Kier molecular flexibility index (Phi) is 6.63. The lowest BCUT2D eigenvalue weighted by Gasteiger charge is -2.10. The first-order valence-corrected chi connectivity index (χ1v) is 9.18. The summed E-state index contributed by atoms with van der Waals surface area (Å²) in [6, 6.07) is 11.9. The minimum Gasteiger partial charge on any atom is -0.492 e. The number of carbonyl (C=O) groups excluding carboxylic acids is 1. The third-order valence-corrected chi connectivity index (χ3v) is 4.25. The second-order valence-corrected chi connectivity index (χ2v) is 6.84. The molecule has 0 unspecified atom stereocenters. The van der Waals surface area contributed by atoms with E-state index in [4.69, 9.17) is 20.9 Å². The molecule has 0 bridgehead atoms. The molecule has 7 nitrogen and oxygen atoms in total. The standard InChI is InChI=1S/C16H17ClN2O5S/c17-14-7-1-2-8-15(14)24-10-4-9-18-16(20)19-12-5-3-6-13(11-12)25(21,22)23/h1-3,5-8,11H,4,9-10H2,(H2,18,19,20)(H,21,22,23). The molecule has 0 aliphatic carbocycles. The molecule has 0 aromatic heterocycles. The third kappa shape index (κ3) is 6.26. The van der Waals surface area contributed by atoms with Gasteiger partial charge >= 0.3 is 6.03 Å². The van der Waals surface area contributed by atoms with Crippen molar-refractivity contribution in [1.82, 2.24) is 5.32 Å². The zero-order valence-corrected chi connectivity index (χ0v) is 14.7. The van der Waals surface area contributed by atoms with E-state index in [0.29, 0.717) is 30.3 Å². The fourth-order valence-corrected chi connectivity index (χ4v) is 2.64. The van der Waals surface area contributed by atoms with Crippen LogP contribution in [-0.2, 0) is 10.1 Å². The lowest BCUT2D eigenvalue weighted by molar-refractivity contribution is 0.250. The van der Waals surface area contributed by atoms with Gasteiger partial charge in [0.25, 0.3) is 10.1 Å². The van der Waals surface area contributed by atoms with Gasteiger partial charge in [-0.15, -0.1) is 0 Å². The normalized spacial score (nSPS) is 11.0. The average molecular weight is 385 g/mol. The van der Waals surface area contributed by atoms with Gasteiger partial charge in [0.05, 0.1) is 16.5 Å². The van der Waals surface area contributed by atoms with Crippen molar-refractivity contribution < 1.29 is 22.5 Å². The monoisotopic (exact) mass is 384 g/mol. The zero-order chi connectivity index (χ0) is 18.3. The van der Waals surface area contributed by atoms with Gasteiger partial charge in [0.15, 0.2) is 0 Å². The van der Waals surface area contributed by atoms with E-state index in [2.05, 4.69) is 10.6 Å². The number of anilines is 1. The number of urea groups is 1. The summed E-state index contributed by atoms with van der Waals surface area (Å²) in [5.74, 6) is 0.579. The molecule has 0 aliphatic rings. The van der Waals surface area contributed by atoms with Crippen LogP contribution in [0.5, 0.6) is 5.75 Å². The topological polar surface area (TPSA) is 105 Å². The van der Waals surface area contributed by atoms with Gasteiger partial charge in [-0.25, -0.2) is 4.79 Å². The summed E-state index contributed by atoms with van der Waals surface area (Å²) in [6.45, 7) is 0.733. The van der Waals surface area contributed by atoms with E-state index in [1.165, 1.54) is 18.2 Å². The molecule has 2 aromatic rings. The Balaban J connectivity index is 1.73. The molecule has 0 spiro atoms. The highest BCUT2D eigenvalue weighted by atomic mass is 35.5. The van der Waals surface area contributed by atoms with Crippen LogP contribution in [0, 0.1) is 0 Å². The highest BCUT2D eigenvalue weighted by molar-refractivity contribution is 7.85. The first-order valence-electron chi connectivity index (χ1n) is 7.36. The van der Waals surface area contributed by atoms with Gasteiger partial charge in [0, 0.05) is 12.2 Å². The van der Waals surface area contributed by atoms with Crippen LogP contribution in [0.4, 0.5) is 10.5 Å². The second kappa shape index (κ2) is 8.70. The van der Waals surface area contributed by atoms with Crippen molar-refractivity contribution in [2.75, 3.05) is 18.5 Å². The van der Waals surface area contributed by atoms with Gasteiger partial charge < -0.3 is 15.4 Å². The number of halogens is 1. The molecule has 2 rings (SSSR count). The SMILES string of the molecule is O=C(NCCCOc1ccccc1Cl)Nc1cccc(S(=O)(=O)O)c1. The molecule has 0 saturated carbocycles. The molecule has 0 aliphatic heterocycles. The van der Waals surface area contributed by atoms with E-state index in [1.807, 2.05) is 6.07 Å². The molecule has 9 heteroatoms. The van der Waals surface area contributed by atoms with Crippen LogP contribution >= 0.6 is 11.6 Å². The van der Waals surface area contributed by atoms with E-state index in [9.17, 15) is 13.2 Å². The fraction of sp³-hybridized carbons (Fsp3) is 0.188. The Morgan fingerprint density at radius 3 is 2.64 bits per heavy atom. The summed E-state index contributed by atoms with van der Waals surface area (Å²) in [6.07, 6.45) is 0.559. The van der Waals surface area contributed by atoms with E-state index in [0.717, 1.165) is 6.07 Å². The Morgan fingerprint density at radius 2 is 1.92 bits per heavy atom. The maximum Gasteiger partial charge on any atom is 0.319 e. The first-order chi connectivity index (χ1) is 11.9. The van der Waals surface area contributed by atoms with Crippen LogP contribution in [-0.4, -0.2) is 32.2 Å². The number of rotatable bonds is 7. The Labute approximate surface area is 150 Å². The molecule has 0 atom stereocenters. The molecule has 3 N–H and O–H groups in total. The first kappa shape index (κ1) is 19.0. The van der Waals surface area contributed by atoms with Gasteiger partial charge in [-0.3, -0.25) is 4.55 Å². The maximum absolute atomic E-state index is 11.8. The van der Waals surface area contributed by atoms with Crippen LogP contribution in [0.3, 0.4) is 0 Å². The van der Waals surface area contributed by atoms with Crippen molar-refractivity contribution in [3.8, 4) is 5.75 Å². The smallest absolute Gasteiger partial charge is 0.319 e. The van der Waals surface area contributed by atoms with Crippen LogP contribution in [0.25, 0.3) is 0 Å². The van der Waals surface area contributed by atoms with Crippen LogP contribution < -0.4 is 15.4 Å². The minimum atomic E-state index is -4.31. The van der Waals surface area contributed by atoms with Crippen LogP contribution in [0.15, 0.2) is 53.4 Å². The molecule has 25 heavy (non-hydrogen) atoms. The number of benzene rings is 2. The van der Waals surface area contributed by atoms with Gasteiger partial charge in [0.1, 0.15) is 5.75 Å². The van der Waals surface area contributed by atoms with Crippen molar-refractivity contribution in [1.29, 1.82) is 0 Å². The van der Waals surface area contributed by atoms with Crippen LogP contribution in [0.1, 0.15) is 6.42 Å². The number of hydrogen-bond acceptors (Lipinski definition) is 4. The lowest BCUT2D eigenvalue weighted by atomic mass is 10.3. The van der Waals surface area contributed by atoms with Crippen molar-refractivity contribution in [2.45, 2.75) is 11.3 Å². The highest BCUT2D eigenvalue weighted by Gasteiger charge is 2.10. The predicted molar refractivity (Wildman–Crippen MR) is 94.8 cm³/mol. The summed E-state index contributed by atoms with van der Waals surface area (Å²) in [4.78, 5) is 11.5. The van der Waals surface area contributed by atoms with E-state index < -0.39 is 16.1 Å². The third-order valence-electron chi connectivity index (χ3n) is 3.09. The Hall–Kier alpha value is -2.29. The molecular weight excluding hydrogens is 368 g/mol. The molecule has 0 saturated heterocycles. The van der Waals surface area contributed by atoms with Crippen LogP contribution in [0.2, 0.25) is 5.02 Å². The molecule has 0 radical (unpaired) electrons. The van der Waals surface area contributed by atoms with Crippen molar-refractivity contribution in [2.24, 2.45) is 0 Å². The average Bonchev–Trinajstić information content (AvgIpc) is 2.55. The number of carbonyl (C=O) groups is 1. The zero-order valence-electron chi connectivity index (χ0n) is 13.1. The number of nitrogens with one attached hydrogen (secondary N) is 2. The molecule has 0 fully saturated rings. The molecule has 2 amide bonds. The van der Waals surface area contributed by atoms with Crippen molar-refractivity contribution in [3.63, 3.8) is 0 Å². The Morgan fingerprint density at radius 1 is 1.16 bits per heavy atom. The molecule has 134 valence electrons. The quantitative estimate of drug-likeness (QED) is 0.502. The lowest BCUT2D eigenvalue weighted by Crippen LogP contribution is -2.30. The van der Waals surface area contributed by atoms with E-state index >= 15 is 0 Å². The van der Waals surface area contributed by atoms with Gasteiger partial charge in [-0.1, -0.05) is 29.8 Å². The fourth-order valence-electron chi connectivity index (χ4n) is 1.93. The predicted octanol–water partition coefficient (Wildman–Crippen LogP) is 3.18. The molecular formula is C16H17ClN2O5S. The summed E-state index contributed by atoms with van der Waals surface area (Å²) >= 11 is 5.96. The largest absolute Gasteiger partial charge is 0.492 e. The second-order valence-electron chi connectivity index (χ2n) is 5.02. The number of hydrogen-bond donors (Lipinski definition) is 3. The summed E-state index contributed by atoms with van der Waals surface area (Å²) in [5, 5.41) is 5.62. The highest BCUT2D eigenvalue weighted by Crippen LogP contribution is 2.23. The number of amides is 2. The molecule has 2 aromatic carbocycles. The Bertz CT molecular complexity index is 842. The summed E-state index contributed by atoms with van der Waals surface area (Å²) < 4.78 is 36.6. The van der Waals surface area contributed by atoms with Gasteiger partial charge in [-0.2, -0.15) is 8.42 Å². The van der Waals surface area contributed by atoms with Crippen molar-refractivity contribution >= 4 is 33.4 Å². The minimum absolute atomic E-state index is 0.250. The maximum atomic E-state index is 11.8. The van der Waals surface area contributed by atoms with E-state index in [-0.39, 0.29) is 10.6 Å².